The van der Waals surface area contributed by atoms with Gasteiger partial charge in [-0.3, -0.25) is 0 Å². The number of rotatable bonds is 1. The minimum absolute atomic E-state index is 0.0960. The molecule has 0 amide bonds. The molecule has 4 nitrogen and oxygen atoms in total. The monoisotopic (exact) mass is 281 g/mol. The highest BCUT2D eigenvalue weighted by atomic mass is 32.2. The molecule has 6 heteroatoms. The van der Waals surface area contributed by atoms with Gasteiger partial charge in [0.25, 0.3) is 0 Å². The Morgan fingerprint density at radius 1 is 1.33 bits per heavy atom. The third kappa shape index (κ3) is 2.13. The Hall–Kier alpha value is -1.40. The van der Waals surface area contributed by atoms with Crippen LogP contribution in [-0.4, -0.2) is 24.3 Å². The van der Waals surface area contributed by atoms with Crippen LogP contribution in [0.4, 0.5) is 0 Å². The molecule has 1 aromatic carbocycles. The lowest BCUT2D eigenvalue weighted by Gasteiger charge is -2.09. The number of aromatic hydroxyl groups is 1. The zero-order valence-corrected chi connectivity index (χ0v) is 11.1. The first-order valence-corrected chi connectivity index (χ1v) is 8.16. The molecule has 94 valence electrons. The quantitative estimate of drug-likeness (QED) is 0.868. The van der Waals surface area contributed by atoms with Gasteiger partial charge in [-0.25, -0.2) is 13.4 Å². The zero-order valence-electron chi connectivity index (χ0n) is 9.46. The summed E-state index contributed by atoms with van der Waals surface area (Å²) in [4.78, 5) is 5.30. The van der Waals surface area contributed by atoms with E-state index in [1.807, 2.05) is 6.07 Å². The van der Waals surface area contributed by atoms with Gasteiger partial charge < -0.3 is 5.11 Å². The summed E-state index contributed by atoms with van der Waals surface area (Å²) in [6.45, 7) is 0. The highest BCUT2D eigenvalue weighted by Crippen LogP contribution is 2.33. The van der Waals surface area contributed by atoms with Gasteiger partial charge in [-0.05, 0) is 12.1 Å². The van der Waals surface area contributed by atoms with E-state index in [9.17, 15) is 13.5 Å². The lowest BCUT2D eigenvalue weighted by molar-refractivity contribution is 0.475. The number of hydrogen-bond donors (Lipinski definition) is 1. The lowest BCUT2D eigenvalue weighted by atomic mass is 10.2. The smallest absolute Gasteiger partial charge is 0.155 e. The van der Waals surface area contributed by atoms with E-state index in [2.05, 4.69) is 4.98 Å². The molecular formula is C12H11NO3S2. The Balaban J connectivity index is 2.04. The van der Waals surface area contributed by atoms with Crippen molar-refractivity contribution in [1.29, 1.82) is 0 Å². The summed E-state index contributed by atoms with van der Waals surface area (Å²) >= 11 is 1.40. The van der Waals surface area contributed by atoms with Crippen molar-refractivity contribution in [3.05, 3.63) is 34.8 Å². The molecule has 0 saturated carbocycles. The molecule has 0 bridgehead atoms. The number of phenols is 1. The van der Waals surface area contributed by atoms with Crippen molar-refractivity contribution in [2.24, 2.45) is 0 Å². The van der Waals surface area contributed by atoms with E-state index in [0.29, 0.717) is 6.42 Å². The number of thiazole rings is 1. The highest BCUT2D eigenvalue weighted by Gasteiger charge is 2.25. The van der Waals surface area contributed by atoms with Crippen molar-refractivity contribution in [3.63, 3.8) is 0 Å². The molecule has 2 heterocycles. The predicted molar refractivity (Wildman–Crippen MR) is 70.4 cm³/mol. The normalized spacial score (nSPS) is 17.3. The summed E-state index contributed by atoms with van der Waals surface area (Å²) < 4.78 is 23.1. The second kappa shape index (κ2) is 4.07. The van der Waals surface area contributed by atoms with Crippen molar-refractivity contribution in [2.75, 3.05) is 5.75 Å². The van der Waals surface area contributed by atoms with Gasteiger partial charge in [0.1, 0.15) is 10.8 Å². The summed E-state index contributed by atoms with van der Waals surface area (Å²) in [5.74, 6) is 0.468. The van der Waals surface area contributed by atoms with Gasteiger partial charge in [0, 0.05) is 16.9 Å². The van der Waals surface area contributed by atoms with E-state index in [0.717, 1.165) is 21.1 Å². The Bertz CT molecular complexity index is 704. The van der Waals surface area contributed by atoms with Crippen LogP contribution in [0.5, 0.6) is 5.75 Å². The Morgan fingerprint density at radius 2 is 2.17 bits per heavy atom. The Kier molecular flexibility index (Phi) is 2.64. The molecule has 0 aliphatic carbocycles. The van der Waals surface area contributed by atoms with Crippen LogP contribution in [0.2, 0.25) is 0 Å². The van der Waals surface area contributed by atoms with Gasteiger partial charge in [0.2, 0.25) is 0 Å². The van der Waals surface area contributed by atoms with Gasteiger partial charge in [-0.15, -0.1) is 11.3 Å². The molecule has 0 spiro atoms. The average Bonchev–Trinajstić information content (AvgIpc) is 2.70. The molecule has 1 aliphatic rings. The van der Waals surface area contributed by atoms with Crippen molar-refractivity contribution in [2.45, 2.75) is 12.2 Å². The number of fused-ring (bicyclic) bond motifs is 1. The fourth-order valence-electron chi connectivity index (χ4n) is 1.98. The molecule has 0 unspecified atom stereocenters. The third-order valence-electron chi connectivity index (χ3n) is 2.87. The van der Waals surface area contributed by atoms with E-state index >= 15 is 0 Å². The lowest BCUT2D eigenvalue weighted by Crippen LogP contribution is -2.17. The summed E-state index contributed by atoms with van der Waals surface area (Å²) in [7, 11) is -2.95. The van der Waals surface area contributed by atoms with Crippen LogP contribution in [0, 0.1) is 0 Å². The van der Waals surface area contributed by atoms with Crippen LogP contribution in [0.1, 0.15) is 10.6 Å². The fraction of sp³-hybridized carbons (Fsp3) is 0.250. The third-order valence-corrected chi connectivity index (χ3v) is 5.76. The summed E-state index contributed by atoms with van der Waals surface area (Å²) in [5, 5.41) is 10.2. The van der Waals surface area contributed by atoms with Crippen molar-refractivity contribution < 1.29 is 13.5 Å². The van der Waals surface area contributed by atoms with Crippen LogP contribution in [0.3, 0.4) is 0 Å². The molecule has 3 rings (SSSR count). The minimum Gasteiger partial charge on any atom is -0.508 e. The van der Waals surface area contributed by atoms with Gasteiger partial charge in [0.15, 0.2) is 9.84 Å². The fourth-order valence-corrected chi connectivity index (χ4v) is 4.87. The van der Waals surface area contributed by atoms with E-state index in [1.54, 1.807) is 18.2 Å². The number of phenolic OH excluding ortho intramolecular Hbond substituents is 1. The summed E-state index contributed by atoms with van der Waals surface area (Å²) in [5.41, 5.74) is 1.71. The number of hydrogen-bond acceptors (Lipinski definition) is 5. The van der Waals surface area contributed by atoms with Crippen molar-refractivity contribution in [3.8, 4) is 16.3 Å². The average molecular weight is 281 g/mol. The summed E-state index contributed by atoms with van der Waals surface area (Å²) in [6.07, 6.45) is 0.493. The van der Waals surface area contributed by atoms with Crippen molar-refractivity contribution >= 4 is 21.2 Å². The van der Waals surface area contributed by atoms with Crippen molar-refractivity contribution in [1.82, 2.24) is 4.98 Å². The van der Waals surface area contributed by atoms with E-state index < -0.39 is 9.84 Å². The van der Waals surface area contributed by atoms with E-state index in [4.69, 9.17) is 0 Å². The first-order chi connectivity index (χ1) is 8.53. The van der Waals surface area contributed by atoms with E-state index in [1.165, 1.54) is 11.3 Å². The predicted octanol–water partition coefficient (Wildman–Crippen LogP) is 1.99. The van der Waals surface area contributed by atoms with Crippen LogP contribution in [-0.2, 0) is 22.0 Å². The molecular weight excluding hydrogens is 270 g/mol. The second-order valence-corrected chi connectivity index (χ2v) is 7.55. The standard InChI is InChI=1S/C12H11NO3S2/c14-9-3-1-2-8(6-9)12-13-10-4-5-18(15,16)7-11(10)17-12/h1-3,6,14H,4-5,7H2. The number of sulfone groups is 1. The number of nitrogens with zero attached hydrogens (tertiary/aromatic N) is 1. The second-order valence-electron chi connectivity index (χ2n) is 4.28. The van der Waals surface area contributed by atoms with Crippen LogP contribution >= 0.6 is 11.3 Å². The molecule has 1 N–H and O–H groups in total. The van der Waals surface area contributed by atoms with Gasteiger partial charge >= 0.3 is 0 Å². The van der Waals surface area contributed by atoms with Gasteiger partial charge in [-0.2, -0.15) is 0 Å². The number of aromatic nitrogens is 1. The number of aryl methyl sites for hydroxylation is 1. The molecule has 0 radical (unpaired) electrons. The summed E-state index contributed by atoms with van der Waals surface area (Å²) in [6, 6.07) is 6.85. The first kappa shape index (κ1) is 11.7. The molecule has 0 atom stereocenters. The van der Waals surface area contributed by atoms with Gasteiger partial charge in [0.05, 0.1) is 17.2 Å². The maximum atomic E-state index is 11.6. The largest absolute Gasteiger partial charge is 0.508 e. The molecule has 1 aromatic heterocycles. The van der Waals surface area contributed by atoms with Crippen LogP contribution < -0.4 is 0 Å². The molecule has 0 saturated heterocycles. The molecule has 0 fully saturated rings. The molecule has 1 aliphatic heterocycles. The Labute approximate surface area is 109 Å². The first-order valence-electron chi connectivity index (χ1n) is 5.52. The molecule has 2 aromatic rings. The van der Waals surface area contributed by atoms with E-state index in [-0.39, 0.29) is 17.3 Å². The number of benzene rings is 1. The van der Waals surface area contributed by atoms with Gasteiger partial charge in [-0.1, -0.05) is 12.1 Å². The zero-order chi connectivity index (χ0) is 12.8. The SMILES string of the molecule is O=S1(=O)CCc2nc(-c3cccc(O)c3)sc2C1. The maximum absolute atomic E-state index is 11.6. The maximum Gasteiger partial charge on any atom is 0.155 e. The van der Waals surface area contributed by atoms with Crippen LogP contribution in [0.15, 0.2) is 24.3 Å². The molecule has 18 heavy (non-hydrogen) atoms. The topological polar surface area (TPSA) is 67.3 Å². The van der Waals surface area contributed by atoms with Crippen LogP contribution in [0.25, 0.3) is 10.6 Å². The Morgan fingerprint density at radius 3 is 2.94 bits per heavy atom. The minimum atomic E-state index is -2.95. The highest BCUT2D eigenvalue weighted by molar-refractivity contribution is 7.90.